The van der Waals surface area contributed by atoms with Crippen LogP contribution in [0.4, 0.5) is 0 Å². The highest BCUT2D eigenvalue weighted by atomic mass is 32.2. The molecule has 0 bridgehead atoms. The molecule has 3 heterocycles. The van der Waals surface area contributed by atoms with Crippen molar-refractivity contribution in [3.8, 4) is 0 Å². The van der Waals surface area contributed by atoms with E-state index in [1.165, 1.54) is 16.7 Å². The SMILES string of the molecule is CNCCC(O)C1CNCC1SC1=C(C(=O)O)N2C(=O)C(C(C)O)C2C1C. The zero-order valence-corrected chi connectivity index (χ0v) is 16.7. The highest BCUT2D eigenvalue weighted by Crippen LogP contribution is 2.52. The van der Waals surface area contributed by atoms with Crippen molar-refractivity contribution in [1.29, 1.82) is 0 Å². The van der Waals surface area contributed by atoms with E-state index in [0.717, 1.165) is 6.54 Å². The monoisotopic (exact) mass is 399 g/mol. The highest BCUT2D eigenvalue weighted by molar-refractivity contribution is 8.03. The van der Waals surface area contributed by atoms with Gasteiger partial charge in [-0.05, 0) is 26.9 Å². The van der Waals surface area contributed by atoms with Gasteiger partial charge in [-0.25, -0.2) is 4.79 Å². The molecule has 9 heteroatoms. The zero-order valence-electron chi connectivity index (χ0n) is 15.9. The first kappa shape index (κ1) is 20.6. The zero-order chi connectivity index (χ0) is 19.9. The third-order valence-corrected chi connectivity index (χ3v) is 7.61. The molecular formula is C18H29N3O5S. The number of nitrogens with one attached hydrogen (secondary N) is 2. The van der Waals surface area contributed by atoms with Crippen LogP contribution in [0.15, 0.2) is 10.6 Å². The number of β-lactam (4-membered cyclic amide) rings is 1. The van der Waals surface area contributed by atoms with Crippen LogP contribution in [0.2, 0.25) is 0 Å². The summed E-state index contributed by atoms with van der Waals surface area (Å²) in [6.45, 7) is 5.59. The molecule has 1 amide bonds. The van der Waals surface area contributed by atoms with Crippen LogP contribution in [0.1, 0.15) is 20.3 Å². The predicted octanol–water partition coefficient (Wildman–Crippen LogP) is -0.568. The molecule has 0 aliphatic carbocycles. The van der Waals surface area contributed by atoms with Crippen molar-refractivity contribution in [2.24, 2.45) is 17.8 Å². The molecule has 2 saturated heterocycles. The number of aliphatic carboxylic acids is 1. The van der Waals surface area contributed by atoms with Crippen molar-refractivity contribution in [2.45, 2.75) is 43.8 Å². The number of hydrogen-bond acceptors (Lipinski definition) is 7. The van der Waals surface area contributed by atoms with Gasteiger partial charge >= 0.3 is 5.97 Å². The van der Waals surface area contributed by atoms with Crippen LogP contribution in [0.25, 0.3) is 0 Å². The van der Waals surface area contributed by atoms with Crippen LogP contribution in [-0.4, -0.2) is 82.3 Å². The summed E-state index contributed by atoms with van der Waals surface area (Å²) in [5.74, 6) is -2.10. The predicted molar refractivity (Wildman–Crippen MR) is 102 cm³/mol. The lowest BCUT2D eigenvalue weighted by atomic mass is 9.79. The van der Waals surface area contributed by atoms with Gasteiger partial charge in [0.2, 0.25) is 5.91 Å². The highest BCUT2D eigenvalue weighted by Gasteiger charge is 2.60. The summed E-state index contributed by atoms with van der Waals surface area (Å²) in [5.41, 5.74) is 0.0507. The molecule has 27 heavy (non-hydrogen) atoms. The van der Waals surface area contributed by atoms with Crippen molar-refractivity contribution >= 4 is 23.6 Å². The molecule has 7 unspecified atom stereocenters. The molecule has 0 radical (unpaired) electrons. The van der Waals surface area contributed by atoms with Gasteiger partial charge < -0.3 is 30.9 Å². The van der Waals surface area contributed by atoms with Crippen LogP contribution in [0.3, 0.4) is 0 Å². The summed E-state index contributed by atoms with van der Waals surface area (Å²) in [5, 5.41) is 36.6. The average molecular weight is 400 g/mol. The Balaban J connectivity index is 1.81. The van der Waals surface area contributed by atoms with E-state index in [0.29, 0.717) is 24.4 Å². The van der Waals surface area contributed by atoms with Gasteiger partial charge in [0.25, 0.3) is 0 Å². The smallest absolute Gasteiger partial charge is 0.353 e. The maximum Gasteiger partial charge on any atom is 0.353 e. The standard InChI is InChI=1S/C18H29N3O5S/c1-8-14-13(9(2)22)17(24)21(14)15(18(25)26)16(8)27-12-7-20-6-10(12)11(23)4-5-19-3/h8-14,19-20,22-23H,4-7H2,1-3H3,(H,25,26). The number of carboxylic acids is 1. The Kier molecular flexibility index (Phi) is 6.17. The number of rotatable bonds is 8. The normalized spacial score (nSPS) is 35.2. The summed E-state index contributed by atoms with van der Waals surface area (Å²) >= 11 is 1.47. The second kappa shape index (κ2) is 8.08. The maximum absolute atomic E-state index is 12.4. The fourth-order valence-corrected chi connectivity index (χ4v) is 6.17. The Morgan fingerprint density at radius 3 is 2.70 bits per heavy atom. The fourth-order valence-electron chi connectivity index (χ4n) is 4.54. The molecule has 0 aromatic rings. The number of amides is 1. The lowest BCUT2D eigenvalue weighted by Crippen LogP contribution is -2.63. The van der Waals surface area contributed by atoms with Gasteiger partial charge in [-0.15, -0.1) is 11.8 Å². The largest absolute Gasteiger partial charge is 0.477 e. The van der Waals surface area contributed by atoms with E-state index < -0.39 is 24.1 Å². The molecule has 5 N–H and O–H groups in total. The minimum Gasteiger partial charge on any atom is -0.477 e. The molecule has 3 aliphatic heterocycles. The van der Waals surface area contributed by atoms with E-state index >= 15 is 0 Å². The van der Waals surface area contributed by atoms with Crippen molar-refractivity contribution < 1.29 is 24.9 Å². The van der Waals surface area contributed by atoms with E-state index in [9.17, 15) is 24.9 Å². The Morgan fingerprint density at radius 1 is 1.41 bits per heavy atom. The van der Waals surface area contributed by atoms with Gasteiger partial charge in [0.1, 0.15) is 5.70 Å². The summed E-state index contributed by atoms with van der Waals surface area (Å²) < 4.78 is 0. The maximum atomic E-state index is 12.4. The molecule has 152 valence electrons. The number of carboxylic acid groups (broad SMARTS) is 1. The Bertz CT molecular complexity index is 640. The fraction of sp³-hybridized carbons (Fsp3) is 0.778. The topological polar surface area (TPSA) is 122 Å². The molecule has 2 fully saturated rings. The molecule has 3 aliphatic rings. The quantitative estimate of drug-likeness (QED) is 0.344. The third kappa shape index (κ3) is 3.51. The van der Waals surface area contributed by atoms with Gasteiger partial charge in [-0.1, -0.05) is 6.92 Å². The van der Waals surface area contributed by atoms with Gasteiger partial charge in [0.05, 0.1) is 24.2 Å². The number of fused-ring (bicyclic) bond motifs is 1. The van der Waals surface area contributed by atoms with Crippen LogP contribution in [-0.2, 0) is 9.59 Å². The van der Waals surface area contributed by atoms with E-state index in [-0.39, 0.29) is 34.7 Å². The lowest BCUT2D eigenvalue weighted by Gasteiger charge is -2.46. The summed E-state index contributed by atoms with van der Waals surface area (Å²) in [6.07, 6.45) is -0.637. The van der Waals surface area contributed by atoms with E-state index in [2.05, 4.69) is 10.6 Å². The lowest BCUT2D eigenvalue weighted by molar-refractivity contribution is -0.163. The first-order valence-electron chi connectivity index (χ1n) is 9.48. The van der Waals surface area contributed by atoms with Crippen LogP contribution in [0.5, 0.6) is 0 Å². The minimum absolute atomic E-state index is 0.0228. The van der Waals surface area contributed by atoms with E-state index in [4.69, 9.17) is 0 Å². The third-order valence-electron chi connectivity index (χ3n) is 5.98. The minimum atomic E-state index is -1.11. The molecule has 3 rings (SSSR count). The van der Waals surface area contributed by atoms with Crippen molar-refractivity contribution in [1.82, 2.24) is 15.5 Å². The molecular weight excluding hydrogens is 370 g/mol. The molecule has 8 nitrogen and oxygen atoms in total. The first-order valence-corrected chi connectivity index (χ1v) is 10.4. The molecule has 0 aromatic carbocycles. The number of aliphatic hydroxyl groups is 2. The number of nitrogens with zero attached hydrogens (tertiary/aromatic N) is 1. The van der Waals surface area contributed by atoms with Gasteiger partial charge in [-0.2, -0.15) is 0 Å². The summed E-state index contributed by atoms with van der Waals surface area (Å²) in [4.78, 5) is 26.4. The second-order valence-corrected chi connectivity index (χ2v) is 8.99. The van der Waals surface area contributed by atoms with Crippen molar-refractivity contribution in [3.05, 3.63) is 10.6 Å². The molecule has 0 spiro atoms. The number of carbonyl (C=O) groups is 2. The number of carbonyl (C=O) groups excluding carboxylic acids is 1. The Labute approximate surface area is 163 Å². The average Bonchev–Trinajstić information content (AvgIpc) is 3.15. The van der Waals surface area contributed by atoms with Crippen LogP contribution < -0.4 is 10.6 Å². The summed E-state index contributed by atoms with van der Waals surface area (Å²) in [7, 11) is 1.84. The molecule has 7 atom stereocenters. The van der Waals surface area contributed by atoms with E-state index in [1.54, 1.807) is 6.92 Å². The Hall–Kier alpha value is -1.13. The van der Waals surface area contributed by atoms with Crippen LogP contribution >= 0.6 is 11.8 Å². The van der Waals surface area contributed by atoms with Gasteiger partial charge in [0.15, 0.2) is 0 Å². The molecule has 0 aromatic heterocycles. The number of aliphatic hydroxyl groups excluding tert-OH is 2. The van der Waals surface area contributed by atoms with Crippen molar-refractivity contribution in [2.75, 3.05) is 26.7 Å². The molecule has 0 saturated carbocycles. The second-order valence-electron chi connectivity index (χ2n) is 7.71. The number of hydrogen-bond donors (Lipinski definition) is 5. The van der Waals surface area contributed by atoms with E-state index in [1.807, 2.05) is 14.0 Å². The van der Waals surface area contributed by atoms with Crippen molar-refractivity contribution in [3.63, 3.8) is 0 Å². The Morgan fingerprint density at radius 2 is 2.11 bits per heavy atom. The number of thioether (sulfide) groups is 1. The van der Waals surface area contributed by atoms with Gasteiger partial charge in [0, 0.05) is 35.1 Å². The van der Waals surface area contributed by atoms with Crippen LogP contribution in [0, 0.1) is 17.8 Å². The summed E-state index contributed by atoms with van der Waals surface area (Å²) in [6, 6.07) is -0.298. The first-order chi connectivity index (χ1) is 12.8. The van der Waals surface area contributed by atoms with Gasteiger partial charge in [-0.3, -0.25) is 4.79 Å².